The zero-order valence-corrected chi connectivity index (χ0v) is 15.6. The van der Waals surface area contributed by atoms with Gasteiger partial charge < -0.3 is 14.6 Å². The molecule has 2 aliphatic carbocycles. The predicted octanol–water partition coefficient (Wildman–Crippen LogP) is 3.27. The number of carbonyl (C=O) groups is 1. The van der Waals surface area contributed by atoms with E-state index >= 15 is 0 Å². The molecule has 0 aromatic carbocycles. The molecule has 1 N–H and O–H groups in total. The molecule has 2 atom stereocenters. The summed E-state index contributed by atoms with van der Waals surface area (Å²) >= 11 is 0. The lowest BCUT2D eigenvalue weighted by Crippen LogP contribution is -2.65. The Morgan fingerprint density at radius 3 is 2.68 bits per heavy atom. The van der Waals surface area contributed by atoms with Crippen molar-refractivity contribution in [3.8, 4) is 0 Å². The molecule has 138 valence electrons. The average Bonchev–Trinajstić information content (AvgIpc) is 3.09. The molecule has 2 saturated carbocycles. The van der Waals surface area contributed by atoms with Crippen molar-refractivity contribution in [2.75, 3.05) is 13.2 Å². The number of nitrogens with one attached hydrogen (secondary N) is 1. The monoisotopic (exact) mass is 346 g/mol. The Morgan fingerprint density at radius 2 is 2.08 bits per heavy atom. The van der Waals surface area contributed by atoms with E-state index in [0.717, 1.165) is 38.0 Å². The van der Waals surface area contributed by atoms with Gasteiger partial charge in [-0.05, 0) is 39.5 Å². The first-order valence-electron chi connectivity index (χ1n) is 9.65. The van der Waals surface area contributed by atoms with E-state index in [1.165, 1.54) is 18.9 Å². The molecule has 0 radical (unpaired) electrons. The first-order valence-corrected chi connectivity index (χ1v) is 9.65. The van der Waals surface area contributed by atoms with Crippen LogP contribution in [-0.4, -0.2) is 41.1 Å². The molecule has 5 nitrogen and oxygen atoms in total. The highest BCUT2D eigenvalue weighted by Crippen LogP contribution is 2.56. The number of nitrogens with zero attached hydrogens (tertiary/aromatic N) is 1. The largest absolute Gasteiger partial charge is 0.378 e. The van der Waals surface area contributed by atoms with E-state index in [4.69, 9.17) is 4.74 Å². The number of ether oxygens (including phenoxy) is 1. The quantitative estimate of drug-likeness (QED) is 0.860. The Morgan fingerprint density at radius 1 is 1.36 bits per heavy atom. The number of aryl methyl sites for hydroxylation is 1. The number of aromatic amines is 1. The summed E-state index contributed by atoms with van der Waals surface area (Å²) < 4.78 is 5.99. The second kappa shape index (κ2) is 7.32. The molecule has 0 bridgehead atoms. The van der Waals surface area contributed by atoms with Crippen molar-refractivity contribution in [3.05, 3.63) is 33.7 Å². The molecular weight excluding hydrogens is 316 g/mol. The van der Waals surface area contributed by atoms with E-state index in [2.05, 4.69) is 11.9 Å². The smallest absolute Gasteiger partial charge is 0.259 e. The third-order valence-corrected chi connectivity index (χ3v) is 6.03. The van der Waals surface area contributed by atoms with E-state index in [9.17, 15) is 9.59 Å². The predicted molar refractivity (Wildman–Crippen MR) is 97.8 cm³/mol. The molecule has 0 saturated heterocycles. The minimum atomic E-state index is -0.191. The standard InChI is InChI=1S/C20H30N2O3/c1-4-10-22(19(24)15-13-21-14(3)11-16(15)23)17-12-18(25-5-2)20(17)8-6-7-9-20/h11,13,17-18H,4-10,12H2,1-3H3,(H,21,23)/t17-,18-/m0/s1. The zero-order chi connectivity index (χ0) is 18.0. The molecule has 0 aliphatic heterocycles. The van der Waals surface area contributed by atoms with E-state index in [0.29, 0.717) is 6.54 Å². The lowest BCUT2D eigenvalue weighted by molar-refractivity contribution is -0.156. The number of aromatic nitrogens is 1. The van der Waals surface area contributed by atoms with Crippen LogP contribution in [0.3, 0.4) is 0 Å². The molecule has 2 aliphatic rings. The van der Waals surface area contributed by atoms with Crippen molar-refractivity contribution in [1.29, 1.82) is 0 Å². The lowest BCUT2D eigenvalue weighted by Gasteiger charge is -2.57. The summed E-state index contributed by atoms with van der Waals surface area (Å²) in [4.78, 5) is 30.4. The van der Waals surface area contributed by atoms with Crippen LogP contribution in [0.4, 0.5) is 0 Å². The van der Waals surface area contributed by atoms with Crippen LogP contribution in [0.15, 0.2) is 17.1 Å². The fourth-order valence-corrected chi connectivity index (χ4v) is 4.82. The van der Waals surface area contributed by atoms with E-state index in [1.807, 2.05) is 18.7 Å². The van der Waals surface area contributed by atoms with Crippen molar-refractivity contribution in [2.24, 2.45) is 5.41 Å². The average molecular weight is 346 g/mol. The van der Waals surface area contributed by atoms with Crippen LogP contribution in [0, 0.1) is 12.3 Å². The number of amides is 1. The molecule has 1 aromatic rings. The van der Waals surface area contributed by atoms with Gasteiger partial charge in [-0.3, -0.25) is 9.59 Å². The first-order chi connectivity index (χ1) is 12.0. The van der Waals surface area contributed by atoms with Crippen molar-refractivity contribution >= 4 is 5.91 Å². The highest BCUT2D eigenvalue weighted by atomic mass is 16.5. The van der Waals surface area contributed by atoms with Gasteiger partial charge in [0.2, 0.25) is 0 Å². The first kappa shape index (κ1) is 18.2. The summed E-state index contributed by atoms with van der Waals surface area (Å²) in [6.07, 6.45) is 8.28. The molecule has 5 heteroatoms. The summed E-state index contributed by atoms with van der Waals surface area (Å²) in [5, 5.41) is 0. The second-order valence-corrected chi connectivity index (χ2v) is 7.53. The highest BCUT2D eigenvalue weighted by Gasteiger charge is 2.59. The topological polar surface area (TPSA) is 62.4 Å². The van der Waals surface area contributed by atoms with Gasteiger partial charge in [-0.15, -0.1) is 0 Å². The second-order valence-electron chi connectivity index (χ2n) is 7.53. The van der Waals surface area contributed by atoms with Crippen LogP contribution in [0.5, 0.6) is 0 Å². The van der Waals surface area contributed by atoms with Gasteiger partial charge in [0.1, 0.15) is 5.56 Å². The van der Waals surface area contributed by atoms with Gasteiger partial charge in [-0.25, -0.2) is 0 Å². The van der Waals surface area contributed by atoms with Crippen molar-refractivity contribution < 1.29 is 9.53 Å². The third-order valence-electron chi connectivity index (χ3n) is 6.03. The molecule has 3 rings (SSSR count). The van der Waals surface area contributed by atoms with Gasteiger partial charge in [0, 0.05) is 42.6 Å². The van der Waals surface area contributed by atoms with Gasteiger partial charge in [0.25, 0.3) is 5.91 Å². The SMILES string of the molecule is CCCN(C(=O)c1c[nH]c(C)cc1=O)[C@H]1C[C@H](OCC)C12CCCC2. The fourth-order valence-electron chi connectivity index (χ4n) is 4.82. The summed E-state index contributed by atoms with van der Waals surface area (Å²) in [6.45, 7) is 7.36. The Bertz CT molecular complexity index is 676. The molecule has 0 unspecified atom stereocenters. The summed E-state index contributed by atoms with van der Waals surface area (Å²) in [5.41, 5.74) is 0.935. The Labute approximate surface area is 149 Å². The van der Waals surface area contributed by atoms with Crippen molar-refractivity contribution in [2.45, 2.75) is 71.4 Å². The van der Waals surface area contributed by atoms with Crippen LogP contribution in [0.1, 0.15) is 68.4 Å². The van der Waals surface area contributed by atoms with E-state index < -0.39 is 0 Å². The molecule has 25 heavy (non-hydrogen) atoms. The van der Waals surface area contributed by atoms with Crippen LogP contribution in [0.2, 0.25) is 0 Å². The minimum absolute atomic E-state index is 0.0955. The molecule has 1 aromatic heterocycles. The maximum Gasteiger partial charge on any atom is 0.259 e. The number of hydrogen-bond donors (Lipinski definition) is 1. The van der Waals surface area contributed by atoms with E-state index in [1.54, 1.807) is 6.20 Å². The van der Waals surface area contributed by atoms with Crippen molar-refractivity contribution in [1.82, 2.24) is 9.88 Å². The normalized spacial score (nSPS) is 24.3. The Balaban J connectivity index is 1.88. The molecule has 1 spiro atoms. The van der Waals surface area contributed by atoms with Gasteiger partial charge in [-0.1, -0.05) is 19.8 Å². The molecule has 1 amide bonds. The third kappa shape index (κ3) is 3.14. The number of pyridine rings is 1. The maximum absolute atomic E-state index is 13.2. The van der Waals surface area contributed by atoms with Crippen LogP contribution in [0.25, 0.3) is 0 Å². The summed E-state index contributed by atoms with van der Waals surface area (Å²) in [5.74, 6) is -0.130. The maximum atomic E-state index is 13.2. The summed E-state index contributed by atoms with van der Waals surface area (Å²) in [7, 11) is 0. The van der Waals surface area contributed by atoms with E-state index in [-0.39, 0.29) is 34.5 Å². The number of rotatable bonds is 6. The number of hydrogen-bond acceptors (Lipinski definition) is 3. The number of carbonyl (C=O) groups excluding carboxylic acids is 1. The van der Waals surface area contributed by atoms with Crippen LogP contribution in [-0.2, 0) is 4.74 Å². The molecule has 2 fully saturated rings. The number of H-pyrrole nitrogens is 1. The molecular formula is C20H30N2O3. The van der Waals surface area contributed by atoms with Crippen LogP contribution < -0.4 is 5.43 Å². The Hall–Kier alpha value is -1.62. The van der Waals surface area contributed by atoms with Crippen molar-refractivity contribution in [3.63, 3.8) is 0 Å². The molecule has 1 heterocycles. The van der Waals surface area contributed by atoms with Gasteiger partial charge in [0.15, 0.2) is 5.43 Å². The fraction of sp³-hybridized carbons (Fsp3) is 0.700. The van der Waals surface area contributed by atoms with Crippen LogP contribution >= 0.6 is 0 Å². The van der Waals surface area contributed by atoms with Gasteiger partial charge in [0.05, 0.1) is 6.10 Å². The summed E-state index contributed by atoms with van der Waals surface area (Å²) in [6, 6.07) is 1.70. The van der Waals surface area contributed by atoms with Gasteiger partial charge >= 0.3 is 0 Å². The lowest BCUT2D eigenvalue weighted by atomic mass is 9.59. The zero-order valence-electron chi connectivity index (χ0n) is 15.6. The minimum Gasteiger partial charge on any atom is -0.378 e. The highest BCUT2D eigenvalue weighted by molar-refractivity contribution is 5.94. The van der Waals surface area contributed by atoms with Gasteiger partial charge in [-0.2, -0.15) is 0 Å². The Kier molecular flexibility index (Phi) is 5.32.